The fraction of sp³-hybridized carbons (Fsp3) is 0.367. The second-order valence-corrected chi connectivity index (χ2v) is 11.0. The number of nitrogens with one attached hydrogen (secondary N) is 1. The molecule has 0 bridgehead atoms. The van der Waals surface area contributed by atoms with Crippen LogP contribution in [0.4, 0.5) is 5.82 Å². The van der Waals surface area contributed by atoms with Gasteiger partial charge in [-0.15, -0.1) is 10.2 Å². The predicted octanol–water partition coefficient (Wildman–Crippen LogP) is 3.13. The number of aromatic nitrogens is 5. The van der Waals surface area contributed by atoms with Crippen LogP contribution in [-0.2, 0) is 20.9 Å². The third-order valence-electron chi connectivity index (χ3n) is 7.60. The Morgan fingerprint density at radius 2 is 1.77 bits per heavy atom. The van der Waals surface area contributed by atoms with Crippen LogP contribution in [0.15, 0.2) is 42.7 Å². The molecular weight excluding hydrogens is 588 g/mol. The number of fused-ring (bicyclic) bond motifs is 1. The average molecular weight is 621 g/mol. The van der Waals surface area contributed by atoms with Crippen LogP contribution in [0.3, 0.4) is 0 Å². The monoisotopic (exact) mass is 620 g/mol. The van der Waals surface area contributed by atoms with Gasteiger partial charge in [0.1, 0.15) is 6.54 Å². The number of esters is 1. The van der Waals surface area contributed by atoms with Crippen molar-refractivity contribution in [3.8, 4) is 5.82 Å². The van der Waals surface area contributed by atoms with Crippen molar-refractivity contribution in [2.45, 2.75) is 33.2 Å². The van der Waals surface area contributed by atoms with Crippen molar-refractivity contribution < 1.29 is 23.9 Å². The maximum atomic E-state index is 13.4. The predicted molar refractivity (Wildman–Crippen MR) is 163 cm³/mol. The third kappa shape index (κ3) is 6.63. The van der Waals surface area contributed by atoms with Gasteiger partial charge in [0.15, 0.2) is 17.4 Å². The van der Waals surface area contributed by atoms with E-state index in [0.29, 0.717) is 71.2 Å². The van der Waals surface area contributed by atoms with E-state index in [4.69, 9.17) is 16.3 Å². The topological polar surface area (TPSA) is 145 Å². The summed E-state index contributed by atoms with van der Waals surface area (Å²) in [5.41, 5.74) is 2.21. The number of benzene rings is 1. The minimum atomic E-state index is -0.440. The molecule has 1 aromatic carbocycles. The molecule has 1 saturated heterocycles. The molecule has 0 unspecified atom stereocenters. The van der Waals surface area contributed by atoms with Crippen molar-refractivity contribution in [3.05, 3.63) is 64.6 Å². The molecule has 44 heavy (non-hydrogen) atoms. The first kappa shape index (κ1) is 30.8. The van der Waals surface area contributed by atoms with Gasteiger partial charge in [-0.05, 0) is 43.7 Å². The number of ketones is 1. The summed E-state index contributed by atoms with van der Waals surface area (Å²) in [4.78, 5) is 54.2. The Bertz CT molecular complexity index is 1710. The van der Waals surface area contributed by atoms with Gasteiger partial charge in [-0.3, -0.25) is 24.1 Å². The smallest absolute Gasteiger partial charge is 0.319 e. The number of piperazine rings is 1. The SMILES string of the molecule is CCCC(=O)c1cnn(-c2ccc(NC(=O)c3cn(CC(=O)N4CCN(CC(=O)OC)CC4)c4ccc(Cl)cc34)nn2)c1C. The van der Waals surface area contributed by atoms with E-state index in [9.17, 15) is 19.2 Å². The highest BCUT2D eigenvalue weighted by Gasteiger charge is 2.24. The molecule has 1 N–H and O–H groups in total. The van der Waals surface area contributed by atoms with Gasteiger partial charge < -0.3 is 19.5 Å². The summed E-state index contributed by atoms with van der Waals surface area (Å²) in [5, 5.41) is 16.4. The molecule has 13 nitrogen and oxygen atoms in total. The zero-order valence-corrected chi connectivity index (χ0v) is 25.5. The van der Waals surface area contributed by atoms with Gasteiger partial charge in [0.25, 0.3) is 5.91 Å². The molecule has 3 aromatic heterocycles. The van der Waals surface area contributed by atoms with Gasteiger partial charge in [0.2, 0.25) is 5.91 Å². The average Bonchev–Trinajstić information content (AvgIpc) is 3.57. The largest absolute Gasteiger partial charge is 0.468 e. The molecule has 2 amide bonds. The molecular formula is C30H33ClN8O5. The number of Topliss-reactive ketones (excluding diaryl/α,β-unsaturated/α-hetero) is 1. The van der Waals surface area contributed by atoms with Gasteiger partial charge in [-0.2, -0.15) is 5.10 Å². The number of anilines is 1. The van der Waals surface area contributed by atoms with Gasteiger partial charge >= 0.3 is 5.97 Å². The number of hydrogen-bond acceptors (Lipinski definition) is 9. The molecule has 230 valence electrons. The lowest BCUT2D eigenvalue weighted by Gasteiger charge is -2.34. The lowest BCUT2D eigenvalue weighted by molar-refractivity contribution is -0.142. The Hall–Kier alpha value is -4.62. The molecule has 0 atom stereocenters. The highest BCUT2D eigenvalue weighted by molar-refractivity contribution is 6.31. The molecule has 4 aromatic rings. The quantitative estimate of drug-likeness (QED) is 0.209. The number of methoxy groups -OCH3 is 1. The second kappa shape index (κ2) is 13.3. The summed E-state index contributed by atoms with van der Waals surface area (Å²) in [7, 11) is 1.35. The maximum absolute atomic E-state index is 13.4. The maximum Gasteiger partial charge on any atom is 0.319 e. The van der Waals surface area contributed by atoms with E-state index in [-0.39, 0.29) is 36.6 Å². The molecule has 5 rings (SSSR count). The van der Waals surface area contributed by atoms with E-state index in [1.807, 2.05) is 11.8 Å². The first-order chi connectivity index (χ1) is 21.2. The van der Waals surface area contributed by atoms with Crippen molar-refractivity contribution in [1.29, 1.82) is 0 Å². The zero-order valence-electron chi connectivity index (χ0n) is 24.7. The first-order valence-electron chi connectivity index (χ1n) is 14.3. The molecule has 1 fully saturated rings. The Labute approximate surface area is 258 Å². The summed E-state index contributed by atoms with van der Waals surface area (Å²) in [6, 6.07) is 8.42. The molecule has 0 spiro atoms. The fourth-order valence-corrected chi connectivity index (χ4v) is 5.37. The molecule has 1 aliphatic heterocycles. The molecule has 1 aliphatic rings. The highest BCUT2D eigenvalue weighted by Crippen LogP contribution is 2.26. The summed E-state index contributed by atoms with van der Waals surface area (Å²) in [6.07, 6.45) is 4.34. The fourth-order valence-electron chi connectivity index (χ4n) is 5.19. The highest BCUT2D eigenvalue weighted by atomic mass is 35.5. The van der Waals surface area contributed by atoms with Crippen LogP contribution in [0.25, 0.3) is 16.7 Å². The van der Waals surface area contributed by atoms with Crippen molar-refractivity contribution in [2.24, 2.45) is 0 Å². The number of rotatable bonds is 10. The third-order valence-corrected chi connectivity index (χ3v) is 7.83. The van der Waals surface area contributed by atoms with E-state index >= 15 is 0 Å². The second-order valence-electron chi connectivity index (χ2n) is 10.5. The van der Waals surface area contributed by atoms with Crippen LogP contribution in [0.5, 0.6) is 0 Å². The van der Waals surface area contributed by atoms with E-state index in [1.54, 1.807) is 52.9 Å². The Balaban J connectivity index is 1.29. The minimum absolute atomic E-state index is 0.0206. The normalized spacial score (nSPS) is 13.7. The van der Waals surface area contributed by atoms with Gasteiger partial charge in [-0.25, -0.2) is 4.68 Å². The lowest BCUT2D eigenvalue weighted by atomic mass is 10.1. The Kier molecular flexibility index (Phi) is 9.35. The number of carbonyl (C=O) groups is 4. The number of amides is 2. The van der Waals surface area contributed by atoms with Crippen LogP contribution < -0.4 is 5.32 Å². The number of hydrogen-bond donors (Lipinski definition) is 1. The number of nitrogens with zero attached hydrogens (tertiary/aromatic N) is 7. The first-order valence-corrected chi connectivity index (χ1v) is 14.6. The van der Waals surface area contributed by atoms with Crippen molar-refractivity contribution in [2.75, 3.05) is 45.2 Å². The van der Waals surface area contributed by atoms with Crippen LogP contribution in [0, 0.1) is 6.92 Å². The van der Waals surface area contributed by atoms with Crippen molar-refractivity contribution in [3.63, 3.8) is 0 Å². The van der Waals surface area contributed by atoms with E-state index in [1.165, 1.54) is 18.0 Å². The van der Waals surface area contributed by atoms with Crippen molar-refractivity contribution >= 4 is 51.9 Å². The summed E-state index contributed by atoms with van der Waals surface area (Å²) in [5.74, 6) is -0.204. The van der Waals surface area contributed by atoms with Crippen molar-refractivity contribution in [1.82, 2.24) is 34.3 Å². The number of ether oxygens (including phenoxy) is 1. The van der Waals surface area contributed by atoms with E-state index in [0.717, 1.165) is 6.42 Å². The standard InChI is InChI=1S/C30H33ClN8O5/c1-4-5-25(40)22-15-32-39(19(22)2)27-9-8-26(34-35-27)33-30(43)23-16-38(24-7-6-20(31)14-21(23)24)17-28(41)37-12-10-36(11-13-37)18-29(42)44-3/h6-9,14-16H,4-5,10-13,17-18H2,1-3H3,(H,33,34,43). The minimum Gasteiger partial charge on any atom is -0.468 e. The van der Waals surface area contributed by atoms with Gasteiger partial charge in [0.05, 0.1) is 36.7 Å². The van der Waals surface area contributed by atoms with E-state index < -0.39 is 5.91 Å². The Morgan fingerprint density at radius 1 is 1.00 bits per heavy atom. The Morgan fingerprint density at radius 3 is 2.45 bits per heavy atom. The number of halogens is 1. The van der Waals surface area contributed by atoms with Crippen LogP contribution in [0.1, 0.15) is 46.2 Å². The molecule has 4 heterocycles. The van der Waals surface area contributed by atoms with Gasteiger partial charge in [0, 0.05) is 54.7 Å². The molecule has 0 aliphatic carbocycles. The van der Waals surface area contributed by atoms with Crippen LogP contribution in [-0.4, -0.2) is 97.7 Å². The van der Waals surface area contributed by atoms with E-state index in [2.05, 4.69) is 20.6 Å². The van der Waals surface area contributed by atoms with Crippen LogP contribution in [0.2, 0.25) is 5.02 Å². The summed E-state index contributed by atoms with van der Waals surface area (Å²) >= 11 is 6.27. The summed E-state index contributed by atoms with van der Waals surface area (Å²) < 4.78 is 8.00. The number of carbonyl (C=O) groups excluding carboxylic acids is 4. The van der Waals surface area contributed by atoms with Gasteiger partial charge in [-0.1, -0.05) is 18.5 Å². The molecule has 0 radical (unpaired) electrons. The lowest BCUT2D eigenvalue weighted by Crippen LogP contribution is -2.50. The molecule has 14 heteroatoms. The summed E-state index contributed by atoms with van der Waals surface area (Å²) in [6.45, 7) is 6.06. The zero-order chi connectivity index (χ0) is 31.4. The molecule has 0 saturated carbocycles. The van der Waals surface area contributed by atoms with Crippen LogP contribution >= 0.6 is 11.6 Å².